The summed E-state index contributed by atoms with van der Waals surface area (Å²) in [7, 11) is 0. The second-order valence-corrected chi connectivity index (χ2v) is 6.68. The van der Waals surface area contributed by atoms with Gasteiger partial charge in [0.05, 0.1) is 0 Å². The molecule has 1 amide bonds. The molecular weight excluding hydrogens is 242 g/mol. The van der Waals surface area contributed by atoms with E-state index in [1.807, 2.05) is 0 Å². The summed E-state index contributed by atoms with van der Waals surface area (Å²) in [6, 6.07) is 0.208. The van der Waals surface area contributed by atoms with E-state index < -0.39 is 0 Å². The third kappa shape index (κ3) is 1.58. The lowest BCUT2D eigenvalue weighted by molar-refractivity contribution is 0.0817. The minimum atomic E-state index is -0.209. The topological polar surface area (TPSA) is 96.7 Å². The van der Waals surface area contributed by atoms with Crippen LogP contribution in [0, 0.1) is 16.7 Å². The van der Waals surface area contributed by atoms with Gasteiger partial charge in [0.1, 0.15) is 0 Å². The zero-order valence-electron chi connectivity index (χ0n) is 11.7. The number of fused-ring (bicyclic) bond motifs is 2. The molecule has 104 valence electrons. The molecule has 0 spiro atoms. The van der Waals surface area contributed by atoms with E-state index in [9.17, 15) is 4.79 Å². The van der Waals surface area contributed by atoms with E-state index in [0.717, 1.165) is 6.42 Å². The number of H-pyrrole nitrogens is 1. The summed E-state index contributed by atoms with van der Waals surface area (Å²) in [6.07, 6.45) is 3.50. The van der Waals surface area contributed by atoms with Gasteiger partial charge in [-0.3, -0.25) is 9.89 Å². The summed E-state index contributed by atoms with van der Waals surface area (Å²) >= 11 is 0. The highest BCUT2D eigenvalue weighted by molar-refractivity contribution is 5.90. The van der Waals surface area contributed by atoms with Gasteiger partial charge in [-0.25, -0.2) is 0 Å². The van der Waals surface area contributed by atoms with E-state index >= 15 is 0 Å². The smallest absolute Gasteiger partial charge is 0.288 e. The zero-order valence-corrected chi connectivity index (χ0v) is 11.7. The first kappa shape index (κ1) is 12.4. The monoisotopic (exact) mass is 263 g/mol. The number of hydrogen-bond acceptors (Lipinski definition) is 4. The van der Waals surface area contributed by atoms with Gasteiger partial charge in [-0.15, -0.1) is 5.10 Å². The number of carbonyl (C=O) groups excluding carboxylic acids is 1. The lowest BCUT2D eigenvalue weighted by Gasteiger charge is -2.39. The van der Waals surface area contributed by atoms with Crippen LogP contribution in [-0.4, -0.2) is 27.1 Å². The fraction of sp³-hybridized carbons (Fsp3) is 0.769. The minimum absolute atomic E-state index is 0.102. The molecule has 1 heterocycles. The third-order valence-electron chi connectivity index (χ3n) is 5.82. The fourth-order valence-electron chi connectivity index (χ4n) is 4.02. The van der Waals surface area contributed by atoms with Crippen LogP contribution in [0.1, 0.15) is 50.7 Å². The molecule has 2 bridgehead atoms. The molecule has 3 atom stereocenters. The molecule has 6 nitrogen and oxygen atoms in total. The summed E-state index contributed by atoms with van der Waals surface area (Å²) in [4.78, 5) is 16.0. The highest BCUT2D eigenvalue weighted by atomic mass is 16.2. The molecule has 0 aromatic carbocycles. The van der Waals surface area contributed by atoms with Crippen molar-refractivity contribution in [2.45, 2.75) is 46.1 Å². The number of anilines is 1. The maximum atomic E-state index is 12.1. The van der Waals surface area contributed by atoms with E-state index in [-0.39, 0.29) is 34.6 Å². The maximum Gasteiger partial charge on any atom is 0.288 e. The van der Waals surface area contributed by atoms with Crippen LogP contribution in [-0.2, 0) is 0 Å². The largest absolute Gasteiger partial charge is 0.366 e. The van der Waals surface area contributed by atoms with E-state index in [2.05, 4.69) is 41.3 Å². The van der Waals surface area contributed by atoms with Crippen LogP contribution in [0.3, 0.4) is 0 Å². The second kappa shape index (κ2) is 3.71. The van der Waals surface area contributed by atoms with Crippen molar-refractivity contribution in [2.24, 2.45) is 16.7 Å². The number of nitrogen functional groups attached to an aromatic ring is 1. The normalized spacial score (nSPS) is 35.5. The summed E-state index contributed by atoms with van der Waals surface area (Å²) in [5.41, 5.74) is 5.87. The fourth-order valence-corrected chi connectivity index (χ4v) is 4.02. The Morgan fingerprint density at radius 2 is 2.21 bits per heavy atom. The van der Waals surface area contributed by atoms with Crippen molar-refractivity contribution < 1.29 is 4.79 Å². The molecule has 2 aliphatic carbocycles. The number of nitrogens with one attached hydrogen (secondary N) is 2. The second-order valence-electron chi connectivity index (χ2n) is 6.68. The average molecular weight is 263 g/mol. The van der Waals surface area contributed by atoms with Gasteiger partial charge in [-0.2, -0.15) is 4.98 Å². The Bertz CT molecular complexity index is 523. The molecule has 2 saturated carbocycles. The SMILES string of the molecule is CC1(C)C2CCC1(C)C(NC(=O)c1nc(N)n[nH]1)C2. The van der Waals surface area contributed by atoms with Gasteiger partial charge in [-0.05, 0) is 36.0 Å². The molecule has 3 rings (SSSR count). The van der Waals surface area contributed by atoms with Crippen molar-refractivity contribution in [2.75, 3.05) is 5.73 Å². The van der Waals surface area contributed by atoms with Gasteiger partial charge < -0.3 is 11.1 Å². The minimum Gasteiger partial charge on any atom is -0.366 e. The molecule has 19 heavy (non-hydrogen) atoms. The van der Waals surface area contributed by atoms with Crippen molar-refractivity contribution in [3.8, 4) is 0 Å². The number of aromatic amines is 1. The van der Waals surface area contributed by atoms with Crippen LogP contribution in [0.15, 0.2) is 0 Å². The Morgan fingerprint density at radius 3 is 2.68 bits per heavy atom. The van der Waals surface area contributed by atoms with Gasteiger partial charge in [0.25, 0.3) is 5.91 Å². The number of nitrogens with two attached hydrogens (primary N) is 1. The predicted octanol–water partition coefficient (Wildman–Crippen LogP) is 1.33. The van der Waals surface area contributed by atoms with Crippen molar-refractivity contribution in [3.05, 3.63) is 5.82 Å². The van der Waals surface area contributed by atoms with Crippen LogP contribution in [0.5, 0.6) is 0 Å². The number of carbonyl (C=O) groups is 1. The van der Waals surface area contributed by atoms with Gasteiger partial charge in [-0.1, -0.05) is 20.8 Å². The Kier molecular flexibility index (Phi) is 2.43. The molecule has 0 radical (unpaired) electrons. The van der Waals surface area contributed by atoms with E-state index in [0.29, 0.717) is 5.92 Å². The number of hydrogen-bond donors (Lipinski definition) is 3. The average Bonchev–Trinajstić information content (AvgIpc) is 2.91. The highest BCUT2D eigenvalue weighted by Gasteiger charge is 2.61. The number of nitrogens with zero attached hydrogens (tertiary/aromatic N) is 2. The van der Waals surface area contributed by atoms with Gasteiger partial charge in [0.2, 0.25) is 11.8 Å². The van der Waals surface area contributed by atoms with Crippen LogP contribution in [0.4, 0.5) is 5.95 Å². The molecule has 1 aromatic rings. The van der Waals surface area contributed by atoms with E-state index in [1.54, 1.807) is 0 Å². The van der Waals surface area contributed by atoms with E-state index in [4.69, 9.17) is 5.73 Å². The molecule has 3 unspecified atom stereocenters. The summed E-state index contributed by atoms with van der Waals surface area (Å²) < 4.78 is 0. The first-order chi connectivity index (χ1) is 8.84. The molecule has 6 heteroatoms. The highest BCUT2D eigenvalue weighted by Crippen LogP contribution is 2.65. The molecule has 0 aliphatic heterocycles. The Balaban J connectivity index is 1.77. The summed E-state index contributed by atoms with van der Waals surface area (Å²) in [5, 5.41) is 9.35. The van der Waals surface area contributed by atoms with Crippen molar-refractivity contribution in [3.63, 3.8) is 0 Å². The molecule has 1 aromatic heterocycles. The lowest BCUT2D eigenvalue weighted by Crippen LogP contribution is -2.47. The van der Waals surface area contributed by atoms with Crippen LogP contribution >= 0.6 is 0 Å². The first-order valence-corrected chi connectivity index (χ1v) is 6.83. The lowest BCUT2D eigenvalue weighted by atomic mass is 9.69. The Hall–Kier alpha value is -1.59. The molecule has 0 saturated heterocycles. The summed E-state index contributed by atoms with van der Waals surface area (Å²) in [5.74, 6) is 0.785. The van der Waals surface area contributed by atoms with Crippen LogP contribution < -0.4 is 11.1 Å². The van der Waals surface area contributed by atoms with Crippen molar-refractivity contribution in [1.82, 2.24) is 20.5 Å². The van der Waals surface area contributed by atoms with Gasteiger partial charge >= 0.3 is 0 Å². The van der Waals surface area contributed by atoms with Crippen LogP contribution in [0.2, 0.25) is 0 Å². The van der Waals surface area contributed by atoms with Gasteiger partial charge in [0.15, 0.2) is 0 Å². The molecular formula is C13H21N5O. The Morgan fingerprint density at radius 1 is 1.47 bits per heavy atom. The number of rotatable bonds is 2. The first-order valence-electron chi connectivity index (χ1n) is 6.83. The Labute approximate surface area is 112 Å². The molecule has 2 fully saturated rings. The maximum absolute atomic E-state index is 12.1. The van der Waals surface area contributed by atoms with Crippen molar-refractivity contribution in [1.29, 1.82) is 0 Å². The van der Waals surface area contributed by atoms with E-state index in [1.165, 1.54) is 12.8 Å². The third-order valence-corrected chi connectivity index (χ3v) is 5.82. The zero-order chi connectivity index (χ0) is 13.8. The standard InChI is InChI=1S/C13H21N5O/c1-12(2)7-4-5-13(12,3)8(6-7)15-10(19)9-16-11(14)18-17-9/h7-8H,4-6H2,1-3H3,(H,15,19)(H3,14,16,17,18). The van der Waals surface area contributed by atoms with Crippen molar-refractivity contribution >= 4 is 11.9 Å². The number of aromatic nitrogens is 3. The quantitative estimate of drug-likeness (QED) is 0.750. The summed E-state index contributed by atoms with van der Waals surface area (Å²) in [6.45, 7) is 6.94. The predicted molar refractivity (Wildman–Crippen MR) is 71.3 cm³/mol. The molecule has 2 aliphatic rings. The van der Waals surface area contributed by atoms with Gasteiger partial charge in [0, 0.05) is 6.04 Å². The molecule has 4 N–H and O–H groups in total. The number of amides is 1. The van der Waals surface area contributed by atoms with Crippen LogP contribution in [0.25, 0.3) is 0 Å².